The number of amides is 1. The molecular weight excluding hydrogens is 232 g/mol. The molecule has 0 aromatic carbocycles. The van der Waals surface area contributed by atoms with E-state index in [0.717, 1.165) is 25.7 Å². The Morgan fingerprint density at radius 2 is 2.06 bits per heavy atom. The molecule has 18 heavy (non-hydrogen) atoms. The van der Waals surface area contributed by atoms with E-state index in [1.165, 1.54) is 4.90 Å². The molecular formula is C13H20N2O3. The number of aryl methyl sites for hydroxylation is 2. The Morgan fingerprint density at radius 1 is 1.44 bits per heavy atom. The highest BCUT2D eigenvalue weighted by Crippen LogP contribution is 2.30. The molecule has 1 N–H and O–H groups in total. The summed E-state index contributed by atoms with van der Waals surface area (Å²) >= 11 is 0. The molecule has 1 fully saturated rings. The van der Waals surface area contributed by atoms with Gasteiger partial charge in [0.2, 0.25) is 5.76 Å². The second kappa shape index (κ2) is 4.72. The highest BCUT2D eigenvalue weighted by atomic mass is 16.4. The van der Waals surface area contributed by atoms with Gasteiger partial charge in [-0.3, -0.25) is 4.79 Å². The summed E-state index contributed by atoms with van der Waals surface area (Å²) in [6.45, 7) is 3.82. The lowest BCUT2D eigenvalue weighted by Gasteiger charge is -2.28. The van der Waals surface area contributed by atoms with Gasteiger partial charge in [-0.1, -0.05) is 12.8 Å². The van der Waals surface area contributed by atoms with Crippen molar-refractivity contribution in [2.45, 2.75) is 45.1 Å². The van der Waals surface area contributed by atoms with Crippen molar-refractivity contribution in [1.29, 1.82) is 0 Å². The number of carbonyl (C=O) groups excluding carboxylic acids is 1. The molecule has 1 aliphatic carbocycles. The Labute approximate surface area is 107 Å². The molecule has 0 atom stereocenters. The minimum absolute atomic E-state index is 0.214. The van der Waals surface area contributed by atoms with Gasteiger partial charge in [-0.05, 0) is 19.8 Å². The number of carbonyl (C=O) groups is 1. The van der Waals surface area contributed by atoms with E-state index in [4.69, 9.17) is 4.42 Å². The largest absolute Gasteiger partial charge is 0.436 e. The van der Waals surface area contributed by atoms with Crippen LogP contribution in [0.25, 0.3) is 0 Å². The lowest BCUT2D eigenvalue weighted by Crippen LogP contribution is -2.42. The SMILES string of the molecule is Cc1nc(C)c(C(=O)N(C)CC2(O)CCCC2)o1. The van der Waals surface area contributed by atoms with Crippen LogP contribution in [-0.2, 0) is 0 Å². The van der Waals surface area contributed by atoms with Gasteiger partial charge in [0.1, 0.15) is 0 Å². The lowest BCUT2D eigenvalue weighted by molar-refractivity contribution is 0.0146. The number of hydrogen-bond acceptors (Lipinski definition) is 4. The van der Waals surface area contributed by atoms with Gasteiger partial charge >= 0.3 is 0 Å². The van der Waals surface area contributed by atoms with Gasteiger partial charge in [-0.2, -0.15) is 0 Å². The summed E-state index contributed by atoms with van der Waals surface area (Å²) in [4.78, 5) is 17.8. The van der Waals surface area contributed by atoms with E-state index in [0.29, 0.717) is 18.1 Å². The fourth-order valence-corrected chi connectivity index (χ4v) is 2.61. The third-order valence-electron chi connectivity index (χ3n) is 3.51. The quantitative estimate of drug-likeness (QED) is 0.888. The van der Waals surface area contributed by atoms with Crippen LogP contribution in [0.15, 0.2) is 4.42 Å². The van der Waals surface area contributed by atoms with E-state index in [1.54, 1.807) is 20.9 Å². The van der Waals surface area contributed by atoms with E-state index in [9.17, 15) is 9.90 Å². The van der Waals surface area contributed by atoms with Gasteiger partial charge in [0.05, 0.1) is 11.3 Å². The molecule has 1 saturated carbocycles. The number of aromatic nitrogens is 1. The average Bonchev–Trinajstić information content (AvgIpc) is 2.84. The van der Waals surface area contributed by atoms with Crippen LogP contribution in [0.3, 0.4) is 0 Å². The predicted molar refractivity (Wildman–Crippen MR) is 66.4 cm³/mol. The van der Waals surface area contributed by atoms with E-state index in [2.05, 4.69) is 4.98 Å². The number of nitrogens with zero attached hydrogens (tertiary/aromatic N) is 2. The zero-order valence-corrected chi connectivity index (χ0v) is 11.2. The molecule has 5 nitrogen and oxygen atoms in total. The molecule has 1 aromatic heterocycles. The molecule has 0 spiro atoms. The first-order valence-electron chi connectivity index (χ1n) is 6.33. The summed E-state index contributed by atoms with van der Waals surface area (Å²) in [6, 6.07) is 0. The minimum atomic E-state index is -0.729. The van der Waals surface area contributed by atoms with E-state index < -0.39 is 5.60 Å². The van der Waals surface area contributed by atoms with Crippen molar-refractivity contribution < 1.29 is 14.3 Å². The van der Waals surface area contributed by atoms with Gasteiger partial charge in [0, 0.05) is 20.5 Å². The van der Waals surface area contributed by atoms with E-state index in [1.807, 2.05) is 0 Å². The molecule has 5 heteroatoms. The number of likely N-dealkylation sites (N-methyl/N-ethyl adjacent to an activating group) is 1. The molecule has 2 rings (SSSR count). The van der Waals surface area contributed by atoms with Crippen molar-refractivity contribution in [2.24, 2.45) is 0 Å². The third kappa shape index (κ3) is 2.56. The van der Waals surface area contributed by atoms with Crippen molar-refractivity contribution in [3.63, 3.8) is 0 Å². The summed E-state index contributed by atoms with van der Waals surface area (Å²) in [5.74, 6) is 0.550. The van der Waals surface area contributed by atoms with E-state index >= 15 is 0 Å². The summed E-state index contributed by atoms with van der Waals surface area (Å²) in [6.07, 6.45) is 3.58. The van der Waals surface area contributed by atoms with Crippen molar-refractivity contribution >= 4 is 5.91 Å². The molecule has 1 amide bonds. The van der Waals surface area contributed by atoms with Crippen LogP contribution in [0.5, 0.6) is 0 Å². The van der Waals surface area contributed by atoms with Gasteiger partial charge in [0.25, 0.3) is 5.91 Å². The number of oxazole rings is 1. The highest BCUT2D eigenvalue weighted by molar-refractivity contribution is 5.92. The van der Waals surface area contributed by atoms with Crippen molar-refractivity contribution in [2.75, 3.05) is 13.6 Å². The van der Waals surface area contributed by atoms with Crippen LogP contribution in [0, 0.1) is 13.8 Å². The smallest absolute Gasteiger partial charge is 0.291 e. The molecule has 0 aliphatic heterocycles. The summed E-state index contributed by atoms with van der Waals surface area (Å²) in [7, 11) is 1.69. The first-order valence-corrected chi connectivity index (χ1v) is 6.33. The van der Waals surface area contributed by atoms with Gasteiger partial charge in [-0.15, -0.1) is 0 Å². The Morgan fingerprint density at radius 3 is 2.56 bits per heavy atom. The van der Waals surface area contributed by atoms with Crippen molar-refractivity contribution in [1.82, 2.24) is 9.88 Å². The molecule has 0 unspecified atom stereocenters. The number of aliphatic hydroxyl groups is 1. The normalized spacial score (nSPS) is 18.0. The first-order chi connectivity index (χ1) is 8.41. The maximum Gasteiger partial charge on any atom is 0.291 e. The van der Waals surface area contributed by atoms with Crippen LogP contribution in [0.1, 0.15) is 47.8 Å². The minimum Gasteiger partial charge on any atom is -0.436 e. The van der Waals surface area contributed by atoms with Crippen LogP contribution >= 0.6 is 0 Å². The monoisotopic (exact) mass is 252 g/mol. The Hall–Kier alpha value is -1.36. The zero-order chi connectivity index (χ0) is 13.3. The maximum absolute atomic E-state index is 12.2. The fourth-order valence-electron chi connectivity index (χ4n) is 2.61. The third-order valence-corrected chi connectivity index (χ3v) is 3.51. The average molecular weight is 252 g/mol. The van der Waals surface area contributed by atoms with Gasteiger partial charge in [0.15, 0.2) is 5.89 Å². The maximum atomic E-state index is 12.2. The van der Waals surface area contributed by atoms with E-state index in [-0.39, 0.29) is 11.7 Å². The second-order valence-corrected chi connectivity index (χ2v) is 5.24. The van der Waals surface area contributed by atoms with Crippen molar-refractivity contribution in [3.05, 3.63) is 17.3 Å². The Bertz CT molecular complexity index is 447. The molecule has 1 aromatic rings. The van der Waals surface area contributed by atoms with Crippen molar-refractivity contribution in [3.8, 4) is 0 Å². The summed E-state index contributed by atoms with van der Waals surface area (Å²) < 4.78 is 5.31. The van der Waals surface area contributed by atoms with Crippen LogP contribution in [0.4, 0.5) is 0 Å². The lowest BCUT2D eigenvalue weighted by atomic mass is 10.0. The number of rotatable bonds is 3. The second-order valence-electron chi connectivity index (χ2n) is 5.24. The summed E-state index contributed by atoms with van der Waals surface area (Å²) in [5, 5.41) is 10.3. The first kappa shape index (κ1) is 13.1. The van der Waals surface area contributed by atoms with Crippen LogP contribution < -0.4 is 0 Å². The fraction of sp³-hybridized carbons (Fsp3) is 0.692. The van der Waals surface area contributed by atoms with Gasteiger partial charge < -0.3 is 14.4 Å². The summed E-state index contributed by atoms with van der Waals surface area (Å²) in [5.41, 5.74) is -0.129. The topological polar surface area (TPSA) is 66.6 Å². The van der Waals surface area contributed by atoms with Crippen LogP contribution in [0.2, 0.25) is 0 Å². The molecule has 0 saturated heterocycles. The highest BCUT2D eigenvalue weighted by Gasteiger charge is 2.34. The number of hydrogen-bond donors (Lipinski definition) is 1. The van der Waals surface area contributed by atoms with Crippen LogP contribution in [-0.4, -0.2) is 40.1 Å². The molecule has 1 heterocycles. The molecule has 0 radical (unpaired) electrons. The Kier molecular flexibility index (Phi) is 3.43. The molecule has 1 aliphatic rings. The van der Waals surface area contributed by atoms with Gasteiger partial charge in [-0.25, -0.2) is 4.98 Å². The predicted octanol–water partition coefficient (Wildman–Crippen LogP) is 1.67. The molecule has 0 bridgehead atoms. The zero-order valence-electron chi connectivity index (χ0n) is 11.2. The molecule has 100 valence electrons. The Balaban J connectivity index is 2.07. The standard InChI is InChI=1S/C13H20N2O3/c1-9-11(18-10(2)14-9)12(16)15(3)8-13(17)6-4-5-7-13/h17H,4-8H2,1-3H3.